The molecule has 61 valence electrons. The molecule has 0 radical (unpaired) electrons. The van der Waals surface area contributed by atoms with Gasteiger partial charge in [0.1, 0.15) is 0 Å². The standard InChI is InChI=1S/C9H13.ClH.Zr/c1-6-5-7(2)9(4)8(6)3;;/h6H,1-4H3;1H;. The summed E-state index contributed by atoms with van der Waals surface area (Å²) in [6.45, 7) is 9.03. The summed E-state index contributed by atoms with van der Waals surface area (Å²) >= 11 is 1.59. The molecule has 0 saturated heterocycles. The quantitative estimate of drug-likeness (QED) is 0.618. The number of allylic oxidation sites excluding steroid dienone is 4. The molecule has 0 aromatic rings. The van der Waals surface area contributed by atoms with Crippen LogP contribution in [-0.2, 0) is 24.7 Å². The molecule has 0 aromatic carbocycles. The van der Waals surface area contributed by atoms with Crippen LogP contribution in [0.5, 0.6) is 0 Å². The molecular formula is C9H14ClZr. The molecule has 0 fully saturated rings. The van der Waals surface area contributed by atoms with Gasteiger partial charge in [0, 0.05) is 0 Å². The smallest absolute Gasteiger partial charge is 0.147 e. The molecule has 0 heterocycles. The molecule has 0 aromatic heterocycles. The van der Waals surface area contributed by atoms with E-state index in [9.17, 15) is 0 Å². The van der Waals surface area contributed by atoms with Crippen molar-refractivity contribution in [1.29, 1.82) is 0 Å². The van der Waals surface area contributed by atoms with Crippen molar-refractivity contribution in [2.45, 2.75) is 27.7 Å². The van der Waals surface area contributed by atoms with Crippen molar-refractivity contribution in [2.75, 3.05) is 0 Å². The number of hydrogen-bond acceptors (Lipinski definition) is 0. The summed E-state index contributed by atoms with van der Waals surface area (Å²) in [5.41, 5.74) is 4.65. The summed E-state index contributed by atoms with van der Waals surface area (Å²) in [5, 5.41) is 0. The molecule has 1 aliphatic carbocycles. The van der Waals surface area contributed by atoms with Gasteiger partial charge in [-0.15, -0.1) is 12.4 Å². The van der Waals surface area contributed by atoms with Crippen LogP contribution in [0.25, 0.3) is 0 Å². The van der Waals surface area contributed by atoms with Crippen LogP contribution in [0.4, 0.5) is 0 Å². The fourth-order valence-corrected chi connectivity index (χ4v) is 2.36. The van der Waals surface area contributed by atoms with Gasteiger partial charge in [0.05, 0.1) is 0 Å². The Hall–Kier alpha value is 0.653. The fourth-order valence-electron chi connectivity index (χ4n) is 1.36. The molecule has 0 spiro atoms. The Morgan fingerprint density at radius 2 is 1.55 bits per heavy atom. The van der Waals surface area contributed by atoms with E-state index in [1.807, 2.05) is 0 Å². The Morgan fingerprint density at radius 3 is 1.64 bits per heavy atom. The van der Waals surface area contributed by atoms with Crippen LogP contribution in [-0.4, -0.2) is 0 Å². The first-order valence-electron chi connectivity index (χ1n) is 3.65. The van der Waals surface area contributed by atoms with E-state index >= 15 is 0 Å². The zero-order chi connectivity index (χ0) is 7.89. The van der Waals surface area contributed by atoms with Crippen molar-refractivity contribution >= 4 is 12.4 Å². The number of hydrogen-bond donors (Lipinski definition) is 0. The summed E-state index contributed by atoms with van der Waals surface area (Å²) in [6.07, 6.45) is 0. The second kappa shape index (κ2) is 4.05. The summed E-state index contributed by atoms with van der Waals surface area (Å²) in [6, 6.07) is 0. The van der Waals surface area contributed by atoms with Gasteiger partial charge in [-0.1, -0.05) is 0 Å². The van der Waals surface area contributed by atoms with E-state index in [1.54, 1.807) is 39.1 Å². The minimum Gasteiger partial charge on any atom is -0.147 e. The molecule has 1 aliphatic rings. The maximum atomic E-state index is 2.30. The second-order valence-corrected chi connectivity index (χ2v) is 4.39. The predicted octanol–water partition coefficient (Wildman–Crippen LogP) is 3.22. The van der Waals surface area contributed by atoms with E-state index < -0.39 is 0 Å². The number of rotatable bonds is 0. The van der Waals surface area contributed by atoms with Crippen molar-refractivity contribution in [2.24, 2.45) is 5.92 Å². The minimum atomic E-state index is 0. The van der Waals surface area contributed by atoms with Gasteiger partial charge in [-0.05, 0) is 0 Å². The minimum absolute atomic E-state index is 0. The molecule has 0 nitrogen and oxygen atoms in total. The van der Waals surface area contributed by atoms with Gasteiger partial charge in [-0.25, -0.2) is 0 Å². The van der Waals surface area contributed by atoms with E-state index in [2.05, 4.69) is 27.7 Å². The third kappa shape index (κ3) is 1.87. The van der Waals surface area contributed by atoms with Gasteiger partial charge in [-0.3, -0.25) is 0 Å². The SMILES string of the molecule is CC1=C(C)C(C)[C]([Zr])=C1C.Cl. The average Bonchev–Trinajstić information content (AvgIpc) is 2.07. The zero-order valence-electron chi connectivity index (χ0n) is 7.49. The van der Waals surface area contributed by atoms with Crippen LogP contribution < -0.4 is 0 Å². The van der Waals surface area contributed by atoms with E-state index in [0.29, 0.717) is 0 Å². The maximum absolute atomic E-state index is 2.30. The molecular weight excluding hydrogens is 235 g/mol. The molecule has 0 amide bonds. The Balaban J connectivity index is 0.000001000. The van der Waals surface area contributed by atoms with Gasteiger partial charge >= 0.3 is 78.3 Å². The van der Waals surface area contributed by atoms with Crippen LogP contribution in [0.15, 0.2) is 20.0 Å². The molecule has 1 rings (SSSR count). The third-order valence-electron chi connectivity index (χ3n) is 2.64. The molecule has 2 heteroatoms. The van der Waals surface area contributed by atoms with E-state index in [1.165, 1.54) is 5.57 Å². The molecule has 0 bridgehead atoms. The molecule has 0 aliphatic heterocycles. The van der Waals surface area contributed by atoms with Gasteiger partial charge in [0.25, 0.3) is 0 Å². The van der Waals surface area contributed by atoms with Crippen molar-refractivity contribution < 1.29 is 24.7 Å². The summed E-state index contributed by atoms with van der Waals surface area (Å²) < 4.78 is 1.64. The topological polar surface area (TPSA) is 0 Å². The summed E-state index contributed by atoms with van der Waals surface area (Å²) in [4.78, 5) is 0. The van der Waals surface area contributed by atoms with Crippen molar-refractivity contribution in [1.82, 2.24) is 0 Å². The zero-order valence-corrected chi connectivity index (χ0v) is 10.8. The third-order valence-corrected chi connectivity index (χ3v) is 4.63. The van der Waals surface area contributed by atoms with E-state index in [4.69, 9.17) is 0 Å². The summed E-state index contributed by atoms with van der Waals surface area (Å²) in [5.74, 6) is 0.734. The van der Waals surface area contributed by atoms with Gasteiger partial charge in [-0.2, -0.15) is 0 Å². The first-order chi connectivity index (χ1) is 4.55. The molecule has 1 atom stereocenters. The molecule has 0 N–H and O–H groups in total. The molecule has 11 heavy (non-hydrogen) atoms. The normalized spacial score (nSPS) is 24.1. The van der Waals surface area contributed by atoms with E-state index in [-0.39, 0.29) is 12.4 Å². The van der Waals surface area contributed by atoms with Crippen molar-refractivity contribution in [3.63, 3.8) is 0 Å². The van der Waals surface area contributed by atoms with E-state index in [0.717, 1.165) is 5.92 Å². The van der Waals surface area contributed by atoms with Gasteiger partial charge < -0.3 is 0 Å². The van der Waals surface area contributed by atoms with Crippen LogP contribution in [0.1, 0.15) is 27.7 Å². The molecule has 0 saturated carbocycles. The van der Waals surface area contributed by atoms with Crippen LogP contribution >= 0.6 is 12.4 Å². The summed E-state index contributed by atoms with van der Waals surface area (Å²) in [7, 11) is 0. The van der Waals surface area contributed by atoms with Gasteiger partial charge in [0.2, 0.25) is 0 Å². The number of halogens is 1. The Morgan fingerprint density at radius 1 is 1.09 bits per heavy atom. The maximum Gasteiger partial charge on any atom is -0.147 e. The van der Waals surface area contributed by atoms with Crippen LogP contribution in [0, 0.1) is 5.92 Å². The monoisotopic (exact) mass is 247 g/mol. The predicted molar refractivity (Wildman–Crippen MR) is 47.5 cm³/mol. The Bertz CT molecular complexity index is 202. The van der Waals surface area contributed by atoms with Gasteiger partial charge in [0.15, 0.2) is 0 Å². The fraction of sp³-hybridized carbons (Fsp3) is 0.556. The molecule has 1 unspecified atom stereocenters. The Kier molecular flexibility index (Phi) is 4.29. The average molecular weight is 249 g/mol. The van der Waals surface area contributed by atoms with Crippen LogP contribution in [0.2, 0.25) is 0 Å². The second-order valence-electron chi connectivity index (χ2n) is 3.07. The largest absolute Gasteiger partial charge is 0.147 e. The van der Waals surface area contributed by atoms with Crippen LogP contribution in [0.3, 0.4) is 0 Å². The first-order valence-corrected chi connectivity index (χ1v) is 4.88. The first kappa shape index (κ1) is 11.7. The van der Waals surface area contributed by atoms with Crippen molar-refractivity contribution in [3.8, 4) is 0 Å². The Labute approximate surface area is 90.4 Å². The van der Waals surface area contributed by atoms with Crippen molar-refractivity contribution in [3.05, 3.63) is 20.0 Å².